The highest BCUT2D eigenvalue weighted by Gasteiger charge is 2.39. The fraction of sp³-hybridized carbons (Fsp3) is 0.600. The SMILES string of the molecule is FC(F)(F)c1ccccc1N1CCCC1C1CCCN1. The Morgan fingerprint density at radius 1 is 1.10 bits per heavy atom. The number of anilines is 1. The molecule has 0 spiro atoms. The Labute approximate surface area is 117 Å². The zero-order chi connectivity index (χ0) is 14.2. The molecular formula is C15H19F3N2. The lowest BCUT2D eigenvalue weighted by Gasteiger charge is -2.33. The summed E-state index contributed by atoms with van der Waals surface area (Å²) in [5, 5.41) is 3.43. The number of alkyl halides is 3. The maximum absolute atomic E-state index is 13.2. The van der Waals surface area contributed by atoms with Gasteiger partial charge in [-0.2, -0.15) is 13.2 Å². The Bertz CT molecular complexity index is 466. The van der Waals surface area contributed by atoms with Crippen molar-refractivity contribution in [2.75, 3.05) is 18.0 Å². The van der Waals surface area contributed by atoms with Gasteiger partial charge in [-0.05, 0) is 44.4 Å². The molecule has 0 aliphatic carbocycles. The molecule has 0 bridgehead atoms. The molecule has 2 fully saturated rings. The van der Waals surface area contributed by atoms with Crippen LogP contribution in [0.1, 0.15) is 31.2 Å². The van der Waals surface area contributed by atoms with Crippen molar-refractivity contribution in [1.82, 2.24) is 5.32 Å². The van der Waals surface area contributed by atoms with Crippen LogP contribution in [0.3, 0.4) is 0 Å². The second-order valence-electron chi connectivity index (χ2n) is 5.62. The summed E-state index contributed by atoms with van der Waals surface area (Å²) < 4.78 is 39.5. The molecule has 2 aliphatic heterocycles. The second-order valence-corrected chi connectivity index (χ2v) is 5.62. The Morgan fingerprint density at radius 3 is 2.60 bits per heavy atom. The van der Waals surface area contributed by atoms with Crippen molar-refractivity contribution in [3.8, 4) is 0 Å². The van der Waals surface area contributed by atoms with Gasteiger partial charge in [0.05, 0.1) is 5.56 Å². The lowest BCUT2D eigenvalue weighted by atomic mass is 10.0. The first-order valence-corrected chi connectivity index (χ1v) is 7.23. The molecule has 2 heterocycles. The van der Waals surface area contributed by atoms with E-state index in [4.69, 9.17) is 0 Å². The van der Waals surface area contributed by atoms with E-state index < -0.39 is 11.7 Å². The number of benzene rings is 1. The number of rotatable bonds is 2. The number of para-hydroxylation sites is 1. The van der Waals surface area contributed by atoms with E-state index in [1.807, 2.05) is 4.90 Å². The second kappa shape index (κ2) is 5.28. The first-order valence-electron chi connectivity index (χ1n) is 7.23. The third-order valence-corrected chi connectivity index (χ3v) is 4.38. The molecule has 1 aromatic carbocycles. The normalized spacial score (nSPS) is 27.2. The van der Waals surface area contributed by atoms with Gasteiger partial charge in [-0.25, -0.2) is 0 Å². The Morgan fingerprint density at radius 2 is 1.90 bits per heavy atom. The molecule has 0 radical (unpaired) electrons. The first kappa shape index (κ1) is 13.7. The van der Waals surface area contributed by atoms with Gasteiger partial charge >= 0.3 is 6.18 Å². The molecule has 1 aromatic rings. The smallest absolute Gasteiger partial charge is 0.366 e. The van der Waals surface area contributed by atoms with Crippen molar-refractivity contribution in [2.45, 2.75) is 43.9 Å². The Balaban J connectivity index is 1.91. The molecular weight excluding hydrogens is 265 g/mol. The molecule has 0 aromatic heterocycles. The summed E-state index contributed by atoms with van der Waals surface area (Å²) in [5.74, 6) is 0. The van der Waals surface area contributed by atoms with E-state index in [-0.39, 0.29) is 6.04 Å². The molecule has 1 N–H and O–H groups in total. The van der Waals surface area contributed by atoms with Crippen molar-refractivity contribution in [3.63, 3.8) is 0 Å². The highest BCUT2D eigenvalue weighted by Crippen LogP contribution is 2.39. The molecule has 0 saturated carbocycles. The van der Waals surface area contributed by atoms with E-state index in [2.05, 4.69) is 5.32 Å². The van der Waals surface area contributed by atoms with Crippen LogP contribution in [0.15, 0.2) is 24.3 Å². The zero-order valence-electron chi connectivity index (χ0n) is 11.3. The predicted molar refractivity (Wildman–Crippen MR) is 72.8 cm³/mol. The van der Waals surface area contributed by atoms with Crippen LogP contribution in [0, 0.1) is 0 Å². The number of halogens is 3. The molecule has 3 rings (SSSR count). The topological polar surface area (TPSA) is 15.3 Å². The Kier molecular flexibility index (Phi) is 3.63. The van der Waals surface area contributed by atoms with Gasteiger partial charge in [-0.15, -0.1) is 0 Å². The van der Waals surface area contributed by atoms with E-state index in [0.717, 1.165) is 38.8 Å². The highest BCUT2D eigenvalue weighted by molar-refractivity contribution is 5.56. The van der Waals surface area contributed by atoms with Crippen molar-refractivity contribution < 1.29 is 13.2 Å². The fourth-order valence-corrected chi connectivity index (χ4v) is 3.51. The molecule has 0 amide bonds. The average molecular weight is 284 g/mol. The van der Waals surface area contributed by atoms with Crippen molar-refractivity contribution in [3.05, 3.63) is 29.8 Å². The maximum atomic E-state index is 13.2. The van der Waals surface area contributed by atoms with Crippen molar-refractivity contribution >= 4 is 5.69 Å². The predicted octanol–water partition coefficient (Wildman–Crippen LogP) is 3.43. The van der Waals surface area contributed by atoms with Crippen molar-refractivity contribution in [1.29, 1.82) is 0 Å². The summed E-state index contributed by atoms with van der Waals surface area (Å²) in [6.07, 6.45) is -0.156. The van der Waals surface area contributed by atoms with Crippen LogP contribution in [0.5, 0.6) is 0 Å². The van der Waals surface area contributed by atoms with Gasteiger partial charge in [0.15, 0.2) is 0 Å². The highest BCUT2D eigenvalue weighted by atomic mass is 19.4. The maximum Gasteiger partial charge on any atom is 0.418 e. The number of hydrogen-bond acceptors (Lipinski definition) is 2. The van der Waals surface area contributed by atoms with E-state index in [9.17, 15) is 13.2 Å². The summed E-state index contributed by atoms with van der Waals surface area (Å²) in [4.78, 5) is 1.96. The van der Waals surface area contributed by atoms with Crippen LogP contribution in [-0.2, 0) is 6.18 Å². The summed E-state index contributed by atoms with van der Waals surface area (Å²) in [6, 6.07) is 6.48. The third kappa shape index (κ3) is 2.51. The minimum atomic E-state index is -4.28. The van der Waals surface area contributed by atoms with Crippen molar-refractivity contribution in [2.24, 2.45) is 0 Å². The van der Waals surface area contributed by atoms with Gasteiger partial charge in [-0.3, -0.25) is 0 Å². The number of hydrogen-bond donors (Lipinski definition) is 1. The molecule has 20 heavy (non-hydrogen) atoms. The number of nitrogens with zero attached hydrogens (tertiary/aromatic N) is 1. The van der Waals surface area contributed by atoms with Crippen LogP contribution < -0.4 is 10.2 Å². The quantitative estimate of drug-likeness (QED) is 0.895. The van der Waals surface area contributed by atoms with Crippen LogP contribution in [-0.4, -0.2) is 25.2 Å². The lowest BCUT2D eigenvalue weighted by molar-refractivity contribution is -0.137. The minimum Gasteiger partial charge on any atom is -0.366 e. The van der Waals surface area contributed by atoms with Crippen LogP contribution in [0.4, 0.5) is 18.9 Å². The van der Waals surface area contributed by atoms with Gasteiger partial charge in [0.2, 0.25) is 0 Å². The molecule has 2 nitrogen and oxygen atoms in total. The number of nitrogens with one attached hydrogen (secondary N) is 1. The molecule has 2 aliphatic rings. The van der Waals surface area contributed by atoms with E-state index in [0.29, 0.717) is 11.7 Å². The molecule has 2 saturated heterocycles. The zero-order valence-corrected chi connectivity index (χ0v) is 11.3. The lowest BCUT2D eigenvalue weighted by Crippen LogP contribution is -2.44. The largest absolute Gasteiger partial charge is 0.418 e. The van der Waals surface area contributed by atoms with E-state index in [1.165, 1.54) is 12.1 Å². The average Bonchev–Trinajstić information content (AvgIpc) is 3.08. The van der Waals surface area contributed by atoms with Gasteiger partial charge < -0.3 is 10.2 Å². The summed E-state index contributed by atoms with van der Waals surface area (Å²) in [5.41, 5.74) is -0.166. The molecule has 5 heteroatoms. The fourth-order valence-electron chi connectivity index (χ4n) is 3.51. The Hall–Kier alpha value is -1.23. The molecule has 110 valence electrons. The van der Waals surface area contributed by atoms with E-state index >= 15 is 0 Å². The summed E-state index contributed by atoms with van der Waals surface area (Å²) in [7, 11) is 0. The van der Waals surface area contributed by atoms with Crippen LogP contribution in [0.2, 0.25) is 0 Å². The molecule has 2 unspecified atom stereocenters. The first-order chi connectivity index (χ1) is 9.57. The summed E-state index contributed by atoms with van der Waals surface area (Å²) >= 11 is 0. The van der Waals surface area contributed by atoms with Gasteiger partial charge in [0.25, 0.3) is 0 Å². The standard InChI is InChI=1S/C15H19F3N2/c16-15(17,18)11-5-1-2-7-13(11)20-10-4-8-14(20)12-6-3-9-19-12/h1-2,5,7,12,14,19H,3-4,6,8-10H2. The monoisotopic (exact) mass is 284 g/mol. The van der Waals surface area contributed by atoms with E-state index in [1.54, 1.807) is 12.1 Å². The van der Waals surface area contributed by atoms with Gasteiger partial charge in [-0.1, -0.05) is 12.1 Å². The summed E-state index contributed by atoms with van der Waals surface area (Å²) in [6.45, 7) is 1.70. The van der Waals surface area contributed by atoms with Gasteiger partial charge in [0, 0.05) is 24.3 Å². The molecule has 2 atom stereocenters. The minimum absolute atomic E-state index is 0.195. The van der Waals surface area contributed by atoms with Crippen LogP contribution in [0.25, 0.3) is 0 Å². The third-order valence-electron chi connectivity index (χ3n) is 4.38. The van der Waals surface area contributed by atoms with Crippen LogP contribution >= 0.6 is 0 Å². The van der Waals surface area contributed by atoms with Gasteiger partial charge in [0.1, 0.15) is 0 Å².